The van der Waals surface area contributed by atoms with Crippen LogP contribution in [0.1, 0.15) is 0 Å². The second kappa shape index (κ2) is 11.5. The summed E-state index contributed by atoms with van der Waals surface area (Å²) in [4.78, 5) is 8.18. The molecule has 0 unspecified atom stereocenters. The quantitative estimate of drug-likeness (QED) is 0.168. The molecule has 0 amide bonds. The predicted octanol–water partition coefficient (Wildman–Crippen LogP) is 11.2. The van der Waals surface area contributed by atoms with Crippen molar-refractivity contribution in [2.75, 3.05) is 14.7 Å². The molecule has 52 heavy (non-hydrogen) atoms. The Morgan fingerprint density at radius 1 is 0.500 bits per heavy atom. The van der Waals surface area contributed by atoms with E-state index in [0.717, 1.165) is 56.1 Å². The molecule has 0 N–H and O–H groups in total. The number of benzene rings is 7. The van der Waals surface area contributed by atoms with E-state index in [0.29, 0.717) is 0 Å². The zero-order valence-corrected chi connectivity index (χ0v) is 28.9. The maximum Gasteiger partial charge on any atom is 0.297 e. The SMILES string of the molecule is c1ccc(N(c2ccccc2)c2ccc3c(c2)N(c2ccccc2)c2cccc4c2B3c2oc3sc5ccccc5c3c2N4c2ccccc2)cc1. The molecule has 9 aromatic rings. The van der Waals surface area contributed by atoms with Crippen LogP contribution in [0.3, 0.4) is 0 Å². The number of para-hydroxylation sites is 4. The monoisotopic (exact) mass is 683 g/mol. The molecule has 0 atom stereocenters. The number of hydrogen-bond donors (Lipinski definition) is 0. The lowest BCUT2D eigenvalue weighted by molar-refractivity contribution is 0.659. The molecular weight excluding hydrogens is 653 g/mol. The van der Waals surface area contributed by atoms with Gasteiger partial charge in [0.1, 0.15) is 5.66 Å². The lowest BCUT2D eigenvalue weighted by Gasteiger charge is -2.42. The smallest absolute Gasteiger partial charge is 0.297 e. The summed E-state index contributed by atoms with van der Waals surface area (Å²) in [7, 11) is 0. The fourth-order valence-corrected chi connectivity index (χ4v) is 9.39. The summed E-state index contributed by atoms with van der Waals surface area (Å²) in [6.45, 7) is -0.106. The molecule has 4 nitrogen and oxygen atoms in total. The van der Waals surface area contributed by atoms with Crippen molar-refractivity contribution in [2.45, 2.75) is 0 Å². The van der Waals surface area contributed by atoms with Gasteiger partial charge in [0.25, 0.3) is 6.71 Å². The van der Waals surface area contributed by atoms with E-state index in [4.69, 9.17) is 4.42 Å². The van der Waals surface area contributed by atoms with Crippen molar-refractivity contribution < 1.29 is 4.42 Å². The Kier molecular flexibility index (Phi) is 6.48. The van der Waals surface area contributed by atoms with E-state index in [2.05, 4.69) is 197 Å². The van der Waals surface area contributed by atoms with Gasteiger partial charge in [-0.05, 0) is 89.8 Å². The Hall–Kier alpha value is -6.50. The summed E-state index contributed by atoms with van der Waals surface area (Å²) < 4.78 is 8.37. The van der Waals surface area contributed by atoms with Gasteiger partial charge in [0, 0.05) is 55.6 Å². The molecule has 4 heterocycles. The summed E-state index contributed by atoms with van der Waals surface area (Å²) in [5.74, 6) is 0. The van der Waals surface area contributed by atoms with Gasteiger partial charge >= 0.3 is 0 Å². The molecule has 2 aromatic heterocycles. The van der Waals surface area contributed by atoms with Gasteiger partial charge in [-0.15, -0.1) is 0 Å². The van der Waals surface area contributed by atoms with Crippen LogP contribution in [-0.2, 0) is 0 Å². The molecule has 0 saturated carbocycles. The molecule has 0 bridgehead atoms. The number of furan rings is 1. The molecule has 11 rings (SSSR count). The Morgan fingerprint density at radius 2 is 1.08 bits per heavy atom. The number of thiophene rings is 1. The average molecular weight is 684 g/mol. The van der Waals surface area contributed by atoms with Crippen LogP contribution in [0.2, 0.25) is 0 Å². The standard InChI is InChI=1S/C46H30BN3OS/c1-5-16-31(17-6-1)48(32-18-7-2-8-19-32)35-28-29-37-40(30-35)49(33-20-9-3-10-21-33)38-25-15-26-39-43(38)47(37)45-44(50(39)34-22-11-4-12-23-34)42-36-24-13-14-27-41(36)52-46(42)51-45/h1-30H. The zero-order valence-electron chi connectivity index (χ0n) is 28.1. The highest BCUT2D eigenvalue weighted by atomic mass is 32.1. The predicted molar refractivity (Wildman–Crippen MR) is 220 cm³/mol. The summed E-state index contributed by atoms with van der Waals surface area (Å²) in [6.07, 6.45) is 0. The number of rotatable bonds is 5. The molecule has 2 aliphatic rings. The average Bonchev–Trinajstić information content (AvgIpc) is 3.76. The van der Waals surface area contributed by atoms with Gasteiger partial charge in [-0.1, -0.05) is 114 Å². The molecule has 0 radical (unpaired) electrons. The molecule has 244 valence electrons. The highest BCUT2D eigenvalue weighted by Gasteiger charge is 2.47. The van der Waals surface area contributed by atoms with Crippen molar-refractivity contribution in [2.24, 2.45) is 0 Å². The Labute approximate surface area is 306 Å². The fourth-order valence-electron chi connectivity index (χ4n) is 8.32. The van der Waals surface area contributed by atoms with Crippen molar-refractivity contribution in [1.29, 1.82) is 0 Å². The third kappa shape index (κ3) is 4.28. The van der Waals surface area contributed by atoms with E-state index in [1.165, 1.54) is 32.1 Å². The fraction of sp³-hybridized carbons (Fsp3) is 0. The van der Waals surface area contributed by atoms with E-state index in [-0.39, 0.29) is 6.71 Å². The van der Waals surface area contributed by atoms with Crippen LogP contribution in [-0.4, -0.2) is 6.71 Å². The molecule has 0 saturated heterocycles. The number of nitrogens with zero attached hydrogens (tertiary/aromatic N) is 3. The number of hydrogen-bond acceptors (Lipinski definition) is 5. The van der Waals surface area contributed by atoms with Gasteiger partial charge in [0.15, 0.2) is 4.90 Å². The zero-order chi connectivity index (χ0) is 34.2. The first-order chi connectivity index (χ1) is 25.8. The number of fused-ring (bicyclic) bond motifs is 8. The third-order valence-electron chi connectivity index (χ3n) is 10.4. The largest absolute Gasteiger partial charge is 0.457 e. The van der Waals surface area contributed by atoms with Gasteiger partial charge in [0.05, 0.1) is 11.1 Å². The summed E-state index contributed by atoms with van der Waals surface area (Å²) in [5, 5.41) is 2.41. The van der Waals surface area contributed by atoms with Gasteiger partial charge in [0.2, 0.25) is 0 Å². The second-order valence-electron chi connectivity index (χ2n) is 13.3. The van der Waals surface area contributed by atoms with Crippen molar-refractivity contribution in [3.63, 3.8) is 0 Å². The van der Waals surface area contributed by atoms with Gasteiger partial charge in [-0.2, -0.15) is 0 Å². The van der Waals surface area contributed by atoms with Crippen LogP contribution < -0.4 is 31.3 Å². The molecule has 0 aliphatic carbocycles. The summed E-state index contributed by atoms with van der Waals surface area (Å²) in [6, 6.07) is 65.2. The normalized spacial score (nSPS) is 12.9. The maximum absolute atomic E-state index is 7.14. The molecule has 2 aliphatic heterocycles. The van der Waals surface area contributed by atoms with Gasteiger partial charge in [-0.25, -0.2) is 0 Å². The van der Waals surface area contributed by atoms with E-state index in [9.17, 15) is 0 Å². The van der Waals surface area contributed by atoms with Crippen LogP contribution in [0.15, 0.2) is 186 Å². The third-order valence-corrected chi connectivity index (χ3v) is 11.5. The molecular formula is C46H30BN3OS. The molecule has 7 aromatic carbocycles. The van der Waals surface area contributed by atoms with Crippen molar-refractivity contribution in [1.82, 2.24) is 0 Å². The first-order valence-electron chi connectivity index (χ1n) is 17.6. The Bertz CT molecular complexity index is 2730. The lowest BCUT2D eigenvalue weighted by Crippen LogP contribution is -2.61. The minimum absolute atomic E-state index is 0.106. The second-order valence-corrected chi connectivity index (χ2v) is 14.3. The van der Waals surface area contributed by atoms with Crippen LogP contribution in [0.5, 0.6) is 0 Å². The van der Waals surface area contributed by atoms with E-state index in [1.54, 1.807) is 11.3 Å². The first-order valence-corrected chi connectivity index (χ1v) is 18.5. The minimum Gasteiger partial charge on any atom is -0.457 e. The first kappa shape index (κ1) is 29.3. The van der Waals surface area contributed by atoms with Crippen LogP contribution in [0, 0.1) is 0 Å². The van der Waals surface area contributed by atoms with Crippen molar-refractivity contribution >= 4 is 106 Å². The topological polar surface area (TPSA) is 22.9 Å². The van der Waals surface area contributed by atoms with Crippen molar-refractivity contribution in [3.8, 4) is 0 Å². The highest BCUT2D eigenvalue weighted by molar-refractivity contribution is 7.25. The highest BCUT2D eigenvalue weighted by Crippen LogP contribution is 2.50. The summed E-state index contributed by atoms with van der Waals surface area (Å²) >= 11 is 1.74. The maximum atomic E-state index is 7.14. The minimum atomic E-state index is -0.106. The number of anilines is 9. The van der Waals surface area contributed by atoms with E-state index in [1.807, 2.05) is 0 Å². The van der Waals surface area contributed by atoms with Crippen LogP contribution in [0.4, 0.5) is 51.2 Å². The molecule has 0 fully saturated rings. The van der Waals surface area contributed by atoms with E-state index >= 15 is 0 Å². The van der Waals surface area contributed by atoms with Crippen LogP contribution >= 0.6 is 11.3 Å². The molecule has 6 heteroatoms. The Balaban J connectivity index is 1.22. The van der Waals surface area contributed by atoms with E-state index < -0.39 is 0 Å². The Morgan fingerprint density at radius 3 is 1.75 bits per heavy atom. The summed E-state index contributed by atoms with van der Waals surface area (Å²) in [5.41, 5.74) is 13.6. The molecule has 0 spiro atoms. The van der Waals surface area contributed by atoms with Crippen molar-refractivity contribution in [3.05, 3.63) is 182 Å². The van der Waals surface area contributed by atoms with Gasteiger partial charge < -0.3 is 19.1 Å². The lowest BCUT2D eigenvalue weighted by atomic mass is 9.35. The van der Waals surface area contributed by atoms with Gasteiger partial charge in [-0.3, -0.25) is 0 Å². The van der Waals surface area contributed by atoms with Crippen LogP contribution in [0.25, 0.3) is 20.4 Å².